The summed E-state index contributed by atoms with van der Waals surface area (Å²) in [5, 5.41) is 2.77. The van der Waals surface area contributed by atoms with Crippen LogP contribution in [-0.2, 0) is 11.2 Å². The first-order chi connectivity index (χ1) is 7.68. The van der Waals surface area contributed by atoms with E-state index in [1.165, 1.54) is 5.56 Å². The molecule has 1 N–H and O–H groups in total. The average Bonchev–Trinajstić information content (AvgIpc) is 2.60. The van der Waals surface area contributed by atoms with Gasteiger partial charge in [0.15, 0.2) is 0 Å². The first-order valence-electron chi connectivity index (χ1n) is 5.34. The molecule has 1 atom stereocenters. The number of hydrogen-bond acceptors (Lipinski definition) is 2. The van der Waals surface area contributed by atoms with Crippen molar-refractivity contribution in [1.82, 2.24) is 5.32 Å². The van der Waals surface area contributed by atoms with E-state index in [4.69, 9.17) is 4.74 Å². The fraction of sp³-hybridized carbons (Fsp3) is 0.308. The van der Waals surface area contributed by atoms with Crippen molar-refractivity contribution in [1.29, 1.82) is 0 Å². The summed E-state index contributed by atoms with van der Waals surface area (Å²) in [7, 11) is 0. The molecule has 0 unspecified atom stereocenters. The Morgan fingerprint density at radius 2 is 2.19 bits per heavy atom. The third kappa shape index (κ3) is 2.63. The molecule has 3 heteroatoms. The summed E-state index contributed by atoms with van der Waals surface area (Å²) < 4.78 is 4.87. The highest BCUT2D eigenvalue weighted by molar-refractivity contribution is 5.71. The maximum absolute atomic E-state index is 10.9. The number of allylic oxidation sites excluding steroid dienone is 1. The van der Waals surface area contributed by atoms with Crippen LogP contribution in [0.15, 0.2) is 42.5 Å². The van der Waals surface area contributed by atoms with E-state index >= 15 is 0 Å². The van der Waals surface area contributed by atoms with Gasteiger partial charge in [-0.3, -0.25) is 0 Å². The highest BCUT2D eigenvalue weighted by Gasteiger charge is 2.31. The Balaban J connectivity index is 1.93. The van der Waals surface area contributed by atoms with Crippen molar-refractivity contribution in [3.8, 4) is 0 Å². The molecule has 2 rings (SSSR count). The summed E-state index contributed by atoms with van der Waals surface area (Å²) in [5.74, 6) is 0. The molecule has 0 radical (unpaired) electrons. The number of benzene rings is 1. The van der Waals surface area contributed by atoms with Crippen molar-refractivity contribution in [2.75, 3.05) is 6.61 Å². The van der Waals surface area contributed by atoms with Gasteiger partial charge in [0.2, 0.25) is 0 Å². The molecule has 16 heavy (non-hydrogen) atoms. The topological polar surface area (TPSA) is 38.3 Å². The summed E-state index contributed by atoms with van der Waals surface area (Å²) >= 11 is 0. The highest BCUT2D eigenvalue weighted by Crippen LogP contribution is 2.14. The number of carbonyl (C=O) groups excluding carboxylic acids is 1. The van der Waals surface area contributed by atoms with Crippen LogP contribution in [0.2, 0.25) is 0 Å². The van der Waals surface area contributed by atoms with Crippen molar-refractivity contribution in [3.63, 3.8) is 0 Å². The van der Waals surface area contributed by atoms with Crippen LogP contribution in [0.1, 0.15) is 12.5 Å². The standard InChI is InChI=1S/C13H15NO2/c1-13(10-16-12(15)14-13)9-5-8-11-6-3-2-4-7-11/h2-7,9H,8,10H2,1H3,(H,14,15)/b9-5+/t13-/m1/s1. The molecule has 0 aromatic heterocycles. The molecule has 84 valence electrons. The summed E-state index contributed by atoms with van der Waals surface area (Å²) in [6.45, 7) is 2.34. The summed E-state index contributed by atoms with van der Waals surface area (Å²) in [6, 6.07) is 10.2. The van der Waals surface area contributed by atoms with Gasteiger partial charge in [0, 0.05) is 0 Å². The van der Waals surface area contributed by atoms with Crippen LogP contribution in [0.3, 0.4) is 0 Å². The van der Waals surface area contributed by atoms with E-state index < -0.39 is 0 Å². The van der Waals surface area contributed by atoms with Gasteiger partial charge in [0.1, 0.15) is 6.61 Å². The van der Waals surface area contributed by atoms with E-state index in [9.17, 15) is 4.79 Å². The second kappa shape index (κ2) is 4.39. The number of nitrogens with one attached hydrogen (secondary N) is 1. The van der Waals surface area contributed by atoms with Gasteiger partial charge in [-0.15, -0.1) is 0 Å². The second-order valence-corrected chi connectivity index (χ2v) is 4.21. The van der Waals surface area contributed by atoms with Crippen LogP contribution in [0.4, 0.5) is 4.79 Å². The lowest BCUT2D eigenvalue weighted by atomic mass is 10.0. The van der Waals surface area contributed by atoms with Crippen LogP contribution in [0, 0.1) is 0 Å². The SMILES string of the molecule is C[C@@]1(/C=C/Cc2ccccc2)COC(=O)N1. The lowest BCUT2D eigenvalue weighted by Crippen LogP contribution is -2.37. The van der Waals surface area contributed by atoms with Crippen molar-refractivity contribution in [2.24, 2.45) is 0 Å². The second-order valence-electron chi connectivity index (χ2n) is 4.21. The van der Waals surface area contributed by atoms with E-state index in [-0.39, 0.29) is 11.6 Å². The fourth-order valence-corrected chi connectivity index (χ4v) is 1.68. The lowest BCUT2D eigenvalue weighted by Gasteiger charge is -2.14. The van der Waals surface area contributed by atoms with E-state index in [2.05, 4.69) is 23.5 Å². The Morgan fingerprint density at radius 1 is 1.44 bits per heavy atom. The third-order valence-corrected chi connectivity index (χ3v) is 2.57. The number of rotatable bonds is 3. The van der Waals surface area contributed by atoms with Crippen LogP contribution < -0.4 is 5.32 Å². The molecule has 1 aliphatic rings. The van der Waals surface area contributed by atoms with E-state index in [1.807, 2.05) is 31.2 Å². The highest BCUT2D eigenvalue weighted by atomic mass is 16.6. The minimum absolute atomic E-state index is 0.341. The van der Waals surface area contributed by atoms with E-state index in [1.54, 1.807) is 0 Å². The smallest absolute Gasteiger partial charge is 0.408 e. The molecule has 1 fully saturated rings. The lowest BCUT2D eigenvalue weighted by molar-refractivity contribution is 0.175. The maximum Gasteiger partial charge on any atom is 0.408 e. The van der Waals surface area contributed by atoms with Crippen LogP contribution in [0.5, 0.6) is 0 Å². The molecule has 1 amide bonds. The van der Waals surface area contributed by atoms with Gasteiger partial charge in [-0.25, -0.2) is 4.79 Å². The molecule has 1 aromatic carbocycles. The largest absolute Gasteiger partial charge is 0.447 e. The Bertz CT molecular complexity index is 400. The van der Waals surface area contributed by atoms with Crippen molar-refractivity contribution >= 4 is 6.09 Å². The van der Waals surface area contributed by atoms with Crippen LogP contribution in [-0.4, -0.2) is 18.2 Å². The molecule has 1 aromatic rings. The normalized spacial score (nSPS) is 24.4. The van der Waals surface area contributed by atoms with Crippen LogP contribution >= 0.6 is 0 Å². The molecular formula is C13H15NO2. The first-order valence-corrected chi connectivity index (χ1v) is 5.34. The molecule has 0 aliphatic carbocycles. The summed E-state index contributed by atoms with van der Waals surface area (Å²) in [5.41, 5.74) is 0.902. The number of alkyl carbamates (subject to hydrolysis) is 1. The van der Waals surface area contributed by atoms with Gasteiger partial charge in [0.05, 0.1) is 5.54 Å². The summed E-state index contributed by atoms with van der Waals surface area (Å²) in [4.78, 5) is 10.9. The fourth-order valence-electron chi connectivity index (χ4n) is 1.68. The summed E-state index contributed by atoms with van der Waals surface area (Å²) in [6.07, 6.45) is 4.58. The zero-order valence-corrected chi connectivity index (χ0v) is 9.27. The molecule has 0 spiro atoms. The van der Waals surface area contributed by atoms with Crippen molar-refractivity contribution in [2.45, 2.75) is 18.9 Å². The Labute approximate surface area is 95.1 Å². The van der Waals surface area contributed by atoms with Gasteiger partial charge in [-0.05, 0) is 18.9 Å². The molecular weight excluding hydrogens is 202 g/mol. The first kappa shape index (κ1) is 10.7. The quantitative estimate of drug-likeness (QED) is 0.789. The number of amides is 1. The predicted octanol–water partition coefficient (Wildman–Crippen LogP) is 2.28. The number of cyclic esters (lactones) is 1. The van der Waals surface area contributed by atoms with Gasteiger partial charge in [0.25, 0.3) is 0 Å². The number of hydrogen-bond donors (Lipinski definition) is 1. The number of ether oxygens (including phenoxy) is 1. The number of carbonyl (C=O) groups is 1. The molecule has 1 heterocycles. The maximum atomic E-state index is 10.9. The monoisotopic (exact) mass is 217 g/mol. The van der Waals surface area contributed by atoms with E-state index in [0.29, 0.717) is 6.61 Å². The van der Waals surface area contributed by atoms with Crippen LogP contribution in [0.25, 0.3) is 0 Å². The molecule has 1 saturated heterocycles. The molecule has 3 nitrogen and oxygen atoms in total. The van der Waals surface area contributed by atoms with Gasteiger partial charge in [-0.1, -0.05) is 42.5 Å². The Morgan fingerprint density at radius 3 is 2.81 bits per heavy atom. The van der Waals surface area contributed by atoms with Crippen molar-refractivity contribution in [3.05, 3.63) is 48.0 Å². The van der Waals surface area contributed by atoms with Gasteiger partial charge >= 0.3 is 6.09 Å². The predicted molar refractivity (Wildman–Crippen MR) is 62.2 cm³/mol. The third-order valence-electron chi connectivity index (χ3n) is 2.57. The van der Waals surface area contributed by atoms with Gasteiger partial charge in [-0.2, -0.15) is 0 Å². The minimum atomic E-state index is -0.355. The Kier molecular flexibility index (Phi) is 2.95. The molecule has 0 bridgehead atoms. The Hall–Kier alpha value is -1.77. The minimum Gasteiger partial charge on any atom is -0.447 e. The van der Waals surface area contributed by atoms with Crippen molar-refractivity contribution < 1.29 is 9.53 Å². The van der Waals surface area contributed by atoms with E-state index in [0.717, 1.165) is 6.42 Å². The molecule has 1 aliphatic heterocycles. The zero-order chi connectivity index (χ0) is 11.4. The zero-order valence-electron chi connectivity index (χ0n) is 9.27. The average molecular weight is 217 g/mol. The van der Waals surface area contributed by atoms with Gasteiger partial charge < -0.3 is 10.1 Å². The molecule has 0 saturated carbocycles.